The Morgan fingerprint density at radius 2 is 2.24 bits per heavy atom. The lowest BCUT2D eigenvalue weighted by Gasteiger charge is -2.29. The van der Waals surface area contributed by atoms with Crippen LogP contribution < -0.4 is 0 Å². The van der Waals surface area contributed by atoms with E-state index in [1.807, 2.05) is 25.3 Å². The molecule has 2 heterocycles. The molecule has 1 aliphatic rings. The molecule has 2 amide bonds. The fraction of sp³-hybridized carbons (Fsp3) is 0.600. The summed E-state index contributed by atoms with van der Waals surface area (Å²) in [6, 6.07) is 4.09. The normalized spacial score (nSPS) is 23.1. The zero-order chi connectivity index (χ0) is 15.6. The molecule has 116 valence electrons. The van der Waals surface area contributed by atoms with Gasteiger partial charge in [-0.3, -0.25) is 4.79 Å². The highest BCUT2D eigenvalue weighted by Gasteiger charge is 2.38. The Bertz CT molecular complexity index is 503. The minimum Gasteiger partial charge on any atom is -0.481 e. The number of nitrogens with zero attached hydrogens (tertiary/aromatic N) is 2. The lowest BCUT2D eigenvalue weighted by molar-refractivity contribution is -0.142. The van der Waals surface area contributed by atoms with Gasteiger partial charge in [0.2, 0.25) is 0 Å². The van der Waals surface area contributed by atoms with Gasteiger partial charge in [-0.15, -0.1) is 11.3 Å². The van der Waals surface area contributed by atoms with Gasteiger partial charge in [0.25, 0.3) is 0 Å². The van der Waals surface area contributed by atoms with Crippen molar-refractivity contribution in [1.82, 2.24) is 9.80 Å². The van der Waals surface area contributed by atoms with Crippen LogP contribution in [0.1, 0.15) is 18.7 Å². The summed E-state index contributed by atoms with van der Waals surface area (Å²) in [7, 11) is 1.79. The fourth-order valence-electron chi connectivity index (χ4n) is 2.71. The minimum atomic E-state index is -0.813. The zero-order valence-corrected chi connectivity index (χ0v) is 13.5. The summed E-state index contributed by atoms with van der Waals surface area (Å²) in [4.78, 5) is 28.3. The number of urea groups is 1. The second kappa shape index (κ2) is 6.47. The Hall–Kier alpha value is -1.56. The standard InChI is InChI=1S/C15H22N2O3S/c1-10-8-17(9-13(10)14(18)19)15(20)16(3)11(2)7-12-5-4-6-21-12/h4-6,10-11,13H,7-9H2,1-3H3,(H,18,19)/t10-,11?,13-/m1/s1. The Kier molecular flexibility index (Phi) is 4.88. The van der Waals surface area contributed by atoms with Crippen molar-refractivity contribution in [3.05, 3.63) is 22.4 Å². The van der Waals surface area contributed by atoms with E-state index < -0.39 is 11.9 Å². The Labute approximate surface area is 129 Å². The van der Waals surface area contributed by atoms with Crippen molar-refractivity contribution in [1.29, 1.82) is 0 Å². The molecule has 21 heavy (non-hydrogen) atoms. The van der Waals surface area contributed by atoms with Crippen LogP contribution >= 0.6 is 11.3 Å². The van der Waals surface area contributed by atoms with E-state index in [4.69, 9.17) is 5.11 Å². The van der Waals surface area contributed by atoms with Crippen molar-refractivity contribution in [3.8, 4) is 0 Å². The number of likely N-dealkylation sites (N-methyl/N-ethyl adjacent to an activating group) is 1. The highest BCUT2D eigenvalue weighted by molar-refractivity contribution is 7.09. The summed E-state index contributed by atoms with van der Waals surface area (Å²) in [6.45, 7) is 4.74. The molecule has 1 unspecified atom stereocenters. The quantitative estimate of drug-likeness (QED) is 0.929. The number of aliphatic carboxylic acids is 1. The van der Waals surface area contributed by atoms with Gasteiger partial charge in [-0.05, 0) is 24.3 Å². The number of carbonyl (C=O) groups excluding carboxylic acids is 1. The molecule has 1 saturated heterocycles. The average Bonchev–Trinajstić information content (AvgIpc) is 3.06. The number of likely N-dealkylation sites (tertiary alicyclic amines) is 1. The first-order valence-electron chi connectivity index (χ1n) is 7.17. The van der Waals surface area contributed by atoms with E-state index in [0.29, 0.717) is 13.1 Å². The highest BCUT2D eigenvalue weighted by atomic mass is 32.1. The van der Waals surface area contributed by atoms with Crippen LogP contribution in [0, 0.1) is 11.8 Å². The van der Waals surface area contributed by atoms with Crippen molar-refractivity contribution in [2.75, 3.05) is 20.1 Å². The molecule has 1 aromatic heterocycles. The van der Waals surface area contributed by atoms with E-state index in [0.717, 1.165) is 6.42 Å². The molecular formula is C15H22N2O3S. The molecule has 6 heteroatoms. The van der Waals surface area contributed by atoms with Crippen LogP contribution in [0.4, 0.5) is 4.79 Å². The number of amides is 2. The minimum absolute atomic E-state index is 0.00690. The van der Waals surface area contributed by atoms with Gasteiger partial charge in [0.05, 0.1) is 5.92 Å². The first-order valence-corrected chi connectivity index (χ1v) is 8.05. The maximum absolute atomic E-state index is 12.5. The van der Waals surface area contributed by atoms with Crippen LogP contribution in [0.5, 0.6) is 0 Å². The van der Waals surface area contributed by atoms with Crippen LogP contribution in [0.25, 0.3) is 0 Å². The number of rotatable bonds is 4. The molecule has 0 spiro atoms. The summed E-state index contributed by atoms with van der Waals surface area (Å²) >= 11 is 1.69. The molecule has 0 saturated carbocycles. The average molecular weight is 310 g/mol. The van der Waals surface area contributed by atoms with Gasteiger partial charge in [-0.25, -0.2) is 4.79 Å². The van der Waals surface area contributed by atoms with Crippen LogP contribution in [-0.2, 0) is 11.2 Å². The van der Waals surface area contributed by atoms with Crippen LogP contribution in [0.2, 0.25) is 0 Å². The zero-order valence-electron chi connectivity index (χ0n) is 12.7. The van der Waals surface area contributed by atoms with Gasteiger partial charge in [0.15, 0.2) is 0 Å². The molecule has 3 atom stereocenters. The Morgan fingerprint density at radius 3 is 2.76 bits per heavy atom. The first-order chi connectivity index (χ1) is 9.90. The third kappa shape index (κ3) is 3.56. The SMILES string of the molecule is CC(Cc1cccs1)N(C)C(=O)N1C[C@@H](C)[C@H](C(=O)O)C1. The van der Waals surface area contributed by atoms with E-state index >= 15 is 0 Å². The lowest BCUT2D eigenvalue weighted by atomic mass is 9.99. The predicted molar refractivity (Wildman–Crippen MR) is 82.5 cm³/mol. The molecule has 2 rings (SSSR count). The van der Waals surface area contributed by atoms with E-state index in [9.17, 15) is 9.59 Å². The monoisotopic (exact) mass is 310 g/mol. The molecule has 5 nitrogen and oxygen atoms in total. The molecule has 1 aliphatic heterocycles. The number of carboxylic acid groups (broad SMARTS) is 1. The van der Waals surface area contributed by atoms with Crippen molar-refractivity contribution < 1.29 is 14.7 Å². The molecular weight excluding hydrogens is 288 g/mol. The summed E-state index contributed by atoms with van der Waals surface area (Å²) < 4.78 is 0. The number of thiophene rings is 1. The van der Waals surface area contributed by atoms with E-state index in [1.54, 1.807) is 28.2 Å². The van der Waals surface area contributed by atoms with Crippen molar-refractivity contribution in [2.24, 2.45) is 11.8 Å². The summed E-state index contributed by atoms with van der Waals surface area (Å²) in [5, 5.41) is 11.2. The second-order valence-electron chi connectivity index (χ2n) is 5.85. The number of hydrogen-bond acceptors (Lipinski definition) is 3. The topological polar surface area (TPSA) is 60.9 Å². The molecule has 0 aromatic carbocycles. The van der Waals surface area contributed by atoms with E-state index in [1.165, 1.54) is 4.88 Å². The predicted octanol–water partition coefficient (Wildman–Crippen LogP) is 2.38. The van der Waals surface area contributed by atoms with Crippen molar-refractivity contribution in [2.45, 2.75) is 26.3 Å². The molecule has 0 radical (unpaired) electrons. The number of carbonyl (C=O) groups is 2. The summed E-state index contributed by atoms with van der Waals surface area (Å²) in [5.74, 6) is -1.26. The third-order valence-electron chi connectivity index (χ3n) is 4.24. The largest absolute Gasteiger partial charge is 0.481 e. The Balaban J connectivity index is 1.95. The van der Waals surface area contributed by atoms with Gasteiger partial charge in [-0.2, -0.15) is 0 Å². The molecule has 0 aliphatic carbocycles. The smallest absolute Gasteiger partial charge is 0.320 e. The van der Waals surface area contributed by atoms with Gasteiger partial charge in [0.1, 0.15) is 0 Å². The molecule has 1 N–H and O–H groups in total. The number of hydrogen-bond donors (Lipinski definition) is 1. The number of carboxylic acids is 1. The fourth-order valence-corrected chi connectivity index (χ4v) is 3.54. The third-order valence-corrected chi connectivity index (χ3v) is 5.14. The van der Waals surface area contributed by atoms with Gasteiger partial charge in [0, 0.05) is 37.5 Å². The van der Waals surface area contributed by atoms with Crippen LogP contribution in [-0.4, -0.2) is 53.1 Å². The highest BCUT2D eigenvalue weighted by Crippen LogP contribution is 2.24. The summed E-state index contributed by atoms with van der Waals surface area (Å²) in [6.07, 6.45) is 0.825. The maximum atomic E-state index is 12.5. The van der Waals surface area contributed by atoms with Gasteiger partial charge < -0.3 is 14.9 Å². The van der Waals surface area contributed by atoms with E-state index in [-0.39, 0.29) is 18.0 Å². The van der Waals surface area contributed by atoms with Crippen LogP contribution in [0.3, 0.4) is 0 Å². The maximum Gasteiger partial charge on any atom is 0.320 e. The van der Waals surface area contributed by atoms with Crippen molar-refractivity contribution >= 4 is 23.3 Å². The van der Waals surface area contributed by atoms with Gasteiger partial charge in [-0.1, -0.05) is 13.0 Å². The molecule has 1 fully saturated rings. The van der Waals surface area contributed by atoms with Crippen LogP contribution in [0.15, 0.2) is 17.5 Å². The lowest BCUT2D eigenvalue weighted by Crippen LogP contribution is -2.45. The second-order valence-corrected chi connectivity index (χ2v) is 6.89. The summed E-state index contributed by atoms with van der Waals surface area (Å²) in [5.41, 5.74) is 0. The van der Waals surface area contributed by atoms with Crippen molar-refractivity contribution in [3.63, 3.8) is 0 Å². The van der Waals surface area contributed by atoms with E-state index in [2.05, 4.69) is 6.07 Å². The Morgan fingerprint density at radius 1 is 1.52 bits per heavy atom. The van der Waals surface area contributed by atoms with Gasteiger partial charge >= 0.3 is 12.0 Å². The first kappa shape index (κ1) is 15.8. The molecule has 0 bridgehead atoms. The molecule has 1 aromatic rings.